The SMILES string of the molecule is COCP(=O)(O)OC[C@H]1O[C@@H](n2cnc3c(N)ncnc32)C[C@@H]1OP(=O)(O)OC[C@@H]1C[C@@H](O)CN1C(=O)CCCCCCCCC(=O)NC(COCCC(=O)CCCCN)(COCCC(=O)CCCCN)COCCC(=O)NCCCN. The van der Waals surface area contributed by atoms with Crippen molar-refractivity contribution < 1.29 is 85.3 Å². The molecule has 4 rings (SSSR count). The molecule has 0 radical (unpaired) electrons. The van der Waals surface area contributed by atoms with Gasteiger partial charge >= 0.3 is 15.4 Å². The van der Waals surface area contributed by atoms with Crippen molar-refractivity contribution in [3.05, 3.63) is 12.7 Å². The lowest BCUT2D eigenvalue weighted by molar-refractivity contribution is -0.133. The number of anilines is 1. The van der Waals surface area contributed by atoms with Crippen molar-refractivity contribution >= 4 is 61.7 Å². The molecule has 0 aliphatic carbocycles. The Morgan fingerprint density at radius 3 is 1.95 bits per heavy atom. The number of nitrogens with zero attached hydrogens (tertiary/aromatic N) is 5. The molecule has 0 aromatic carbocycles. The van der Waals surface area contributed by atoms with Crippen LogP contribution in [0.25, 0.3) is 11.2 Å². The number of nitrogens with two attached hydrogens (primary N) is 4. The van der Waals surface area contributed by atoms with Gasteiger partial charge < -0.3 is 81.6 Å². The Morgan fingerprint density at radius 1 is 0.732 bits per heavy atom. The van der Waals surface area contributed by atoms with Crippen LogP contribution in [0.5, 0.6) is 0 Å². The summed E-state index contributed by atoms with van der Waals surface area (Å²) in [5, 5.41) is 16.4. The number of likely N-dealkylation sites (tertiary alicyclic amines) is 1. The molecule has 2 saturated heterocycles. The molecule has 31 heteroatoms. The second-order valence-electron chi connectivity index (χ2n) is 20.7. The second kappa shape index (κ2) is 38.1. The number of β-amino-alcohol motifs (C(OH)–C–C–N with tert-alkyl or cyclic N) is 1. The highest BCUT2D eigenvalue weighted by Crippen LogP contribution is 2.50. The van der Waals surface area contributed by atoms with E-state index in [4.69, 9.17) is 60.2 Å². The summed E-state index contributed by atoms with van der Waals surface area (Å²) < 4.78 is 72.5. The zero-order valence-electron chi connectivity index (χ0n) is 47.5. The molecule has 13 N–H and O–H groups in total. The number of nitrogens with one attached hydrogen (secondary N) is 2. The van der Waals surface area contributed by atoms with Crippen molar-refractivity contribution in [1.82, 2.24) is 35.1 Å². The van der Waals surface area contributed by atoms with Crippen LogP contribution in [0.3, 0.4) is 0 Å². The minimum Gasteiger partial charge on any atom is -0.391 e. The molecule has 0 spiro atoms. The minimum absolute atomic E-state index is 0.00172. The number of hydrogen-bond donors (Lipinski definition) is 9. The van der Waals surface area contributed by atoms with E-state index < -0.39 is 71.1 Å². The summed E-state index contributed by atoms with van der Waals surface area (Å²) in [6, 6.07) is -0.746. The van der Waals surface area contributed by atoms with Crippen molar-refractivity contribution in [3.8, 4) is 0 Å². The van der Waals surface area contributed by atoms with Crippen LogP contribution in [0, 0.1) is 0 Å². The van der Waals surface area contributed by atoms with Crippen LogP contribution in [0.1, 0.15) is 135 Å². The van der Waals surface area contributed by atoms with Gasteiger partial charge in [-0.1, -0.05) is 25.7 Å². The number of ketones is 2. The number of phosphoric ester groups is 1. The number of aromatic nitrogens is 4. The third-order valence-electron chi connectivity index (χ3n) is 13.7. The lowest BCUT2D eigenvalue weighted by Gasteiger charge is -2.34. The number of rotatable bonds is 47. The fraction of sp³-hybridized carbons (Fsp3) is 0.804. The summed E-state index contributed by atoms with van der Waals surface area (Å²) in [4.78, 5) is 99.4. The molecule has 2 aromatic rings. The quantitative estimate of drug-likeness (QED) is 0.0338. The fourth-order valence-electron chi connectivity index (χ4n) is 9.29. The molecule has 29 nitrogen and oxygen atoms in total. The number of carbonyl (C=O) groups excluding carboxylic acids is 5. The molecule has 2 unspecified atom stereocenters. The average molecular weight is 1210 g/mol. The molecule has 3 amide bonds. The smallest absolute Gasteiger partial charge is 0.391 e. The Labute approximate surface area is 479 Å². The first-order valence-corrected chi connectivity index (χ1v) is 31.7. The Kier molecular flexibility index (Phi) is 32.8. The third kappa shape index (κ3) is 26.5. The summed E-state index contributed by atoms with van der Waals surface area (Å²) in [5.74, 6) is -0.601. The van der Waals surface area contributed by atoms with Crippen LogP contribution in [-0.4, -0.2) is 198 Å². The van der Waals surface area contributed by atoms with Gasteiger partial charge in [-0.3, -0.25) is 42.2 Å². The second-order valence-corrected chi connectivity index (χ2v) is 23.9. The maximum Gasteiger partial charge on any atom is 0.472 e. The standard InChI is InChI=1S/C51H91N11O18P2/c1-73-37-81(69,70)77-31-43-42(28-47(79-43)62-36-59-48-49(55)57-35-58-50(48)62)80-82(71,72)78-30-38-27-41(65)29-61(38)46(68)16-7-5-3-2-4-6-15-45(67)60-51(32-74-24-17-39(63)13-8-10-20-52,33-75-25-18-40(64)14-9-11-21-53)34-76-26-19-44(66)56-23-12-22-54/h35-36,38,41-43,47,65H,2-34,37,52-54H2,1H3,(H,56,66)(H,60,67)(H,69,70)(H,71,72)(H2,55,57,58)/t38-,41+,42-,43+,47+/m0/s1. The van der Waals surface area contributed by atoms with E-state index in [2.05, 4.69) is 25.6 Å². The van der Waals surface area contributed by atoms with Crippen LogP contribution in [0.15, 0.2) is 12.7 Å². The molecule has 2 aliphatic rings. The van der Waals surface area contributed by atoms with Crippen LogP contribution < -0.4 is 33.6 Å². The number of nitrogen functional groups attached to an aromatic ring is 1. The topological polar surface area (TPSA) is 429 Å². The average Bonchev–Trinajstić information content (AvgIpc) is 4.32. The highest BCUT2D eigenvalue weighted by Gasteiger charge is 2.44. The summed E-state index contributed by atoms with van der Waals surface area (Å²) in [6.45, 7) is 0.921. The fourth-order valence-corrected chi connectivity index (χ4v) is 11.1. The van der Waals surface area contributed by atoms with E-state index in [-0.39, 0.29) is 132 Å². The van der Waals surface area contributed by atoms with Crippen molar-refractivity contribution in [3.63, 3.8) is 0 Å². The van der Waals surface area contributed by atoms with Crippen molar-refractivity contribution in [2.75, 3.05) is 105 Å². The molecule has 4 heterocycles. The number of carbonyl (C=O) groups is 5. The third-order valence-corrected chi connectivity index (χ3v) is 15.8. The number of hydrogen-bond acceptors (Lipinski definition) is 23. The van der Waals surface area contributed by atoms with Gasteiger partial charge in [0.25, 0.3) is 0 Å². The zero-order chi connectivity index (χ0) is 59.8. The van der Waals surface area contributed by atoms with Crippen LogP contribution in [0.2, 0.25) is 0 Å². The van der Waals surface area contributed by atoms with Crippen LogP contribution in [-0.2, 0) is 70.4 Å². The van der Waals surface area contributed by atoms with Crippen molar-refractivity contribution in [2.24, 2.45) is 17.2 Å². The number of amides is 3. The van der Waals surface area contributed by atoms with Gasteiger partial charge in [-0.25, -0.2) is 19.5 Å². The van der Waals surface area contributed by atoms with Crippen molar-refractivity contribution in [1.29, 1.82) is 0 Å². The highest BCUT2D eigenvalue weighted by atomic mass is 31.2. The molecule has 2 fully saturated rings. The van der Waals surface area contributed by atoms with E-state index in [9.17, 15) is 48.0 Å². The minimum atomic E-state index is -4.91. The lowest BCUT2D eigenvalue weighted by atomic mass is 10.0. The maximum atomic E-state index is 13.6. The number of imidazole rings is 1. The molecule has 2 aromatic heterocycles. The van der Waals surface area contributed by atoms with Crippen LogP contribution >= 0.6 is 15.4 Å². The Bertz CT molecular complexity index is 2270. The van der Waals surface area contributed by atoms with Gasteiger partial charge in [0.1, 0.15) is 53.7 Å². The van der Waals surface area contributed by atoms with E-state index >= 15 is 0 Å². The van der Waals surface area contributed by atoms with E-state index in [1.165, 1.54) is 29.2 Å². The molecule has 468 valence electrons. The largest absolute Gasteiger partial charge is 0.472 e. The number of ether oxygens (including phenoxy) is 5. The first-order valence-electron chi connectivity index (χ1n) is 28.4. The number of aliphatic hydroxyl groups excluding tert-OH is 1. The first kappa shape index (κ1) is 70.5. The molecule has 0 saturated carbocycles. The van der Waals surface area contributed by atoms with Gasteiger partial charge in [0.05, 0.1) is 71.3 Å². The molecular formula is C51H91N11O18P2. The predicted molar refractivity (Wildman–Crippen MR) is 299 cm³/mol. The first-order chi connectivity index (χ1) is 39.3. The number of unbranched alkanes of at least 4 members (excludes halogenated alkanes) is 7. The zero-order valence-corrected chi connectivity index (χ0v) is 49.3. The Hall–Kier alpha value is -4.00. The molecule has 82 heavy (non-hydrogen) atoms. The molecular weight excluding hydrogens is 1120 g/mol. The number of Topliss-reactive ketones (excluding diaryl/α,β-unsaturated/α-hetero) is 2. The lowest BCUT2D eigenvalue weighted by Crippen LogP contribution is -2.58. The van der Waals surface area contributed by atoms with Crippen molar-refractivity contribution in [2.45, 2.75) is 165 Å². The Balaban J connectivity index is 1.26. The number of fused-ring (bicyclic) bond motifs is 1. The summed E-state index contributed by atoms with van der Waals surface area (Å²) in [7, 11) is -7.92. The van der Waals surface area contributed by atoms with E-state index in [0.717, 1.165) is 25.7 Å². The maximum absolute atomic E-state index is 13.6. The van der Waals surface area contributed by atoms with Gasteiger partial charge in [-0.05, 0) is 71.0 Å². The molecule has 2 aliphatic heterocycles. The normalized spacial score (nSPS) is 19.8. The summed E-state index contributed by atoms with van der Waals surface area (Å²) in [6.07, 6.45) is 6.81. The van der Waals surface area contributed by atoms with E-state index in [1.807, 2.05) is 0 Å². The van der Waals surface area contributed by atoms with Gasteiger partial charge in [0, 0.05) is 71.6 Å². The Morgan fingerprint density at radius 2 is 1.33 bits per heavy atom. The summed E-state index contributed by atoms with van der Waals surface area (Å²) >= 11 is 0. The van der Waals surface area contributed by atoms with Gasteiger partial charge in [0.2, 0.25) is 17.7 Å². The molecule has 0 bridgehead atoms. The number of methoxy groups -OCH3 is 1. The van der Waals surface area contributed by atoms with Crippen LogP contribution in [0.4, 0.5) is 5.82 Å². The van der Waals surface area contributed by atoms with E-state index in [1.54, 1.807) is 0 Å². The monoisotopic (exact) mass is 1210 g/mol. The van der Waals surface area contributed by atoms with Gasteiger partial charge in [-0.15, -0.1) is 0 Å². The summed E-state index contributed by atoms with van der Waals surface area (Å²) in [5.41, 5.74) is 22.0. The number of aliphatic hydroxyl groups is 1. The van der Waals surface area contributed by atoms with Gasteiger partial charge in [0.15, 0.2) is 11.5 Å². The highest BCUT2D eigenvalue weighted by molar-refractivity contribution is 7.52. The van der Waals surface area contributed by atoms with Gasteiger partial charge in [-0.2, -0.15) is 0 Å². The predicted octanol–water partition coefficient (Wildman–Crippen LogP) is 2.02. The van der Waals surface area contributed by atoms with E-state index in [0.29, 0.717) is 89.6 Å². The molecule has 7 atom stereocenters. The number of phosphoric acid groups is 1.